The summed E-state index contributed by atoms with van der Waals surface area (Å²) in [5.41, 5.74) is 0.173. The minimum Gasteiger partial charge on any atom is -0.508 e. The molecule has 222 valence electrons. The number of benzene rings is 1. The second-order valence-corrected chi connectivity index (χ2v) is 11.5. The number of aromatic hydroxyl groups is 1. The van der Waals surface area contributed by atoms with E-state index in [1.54, 1.807) is 12.1 Å². The molecule has 1 unspecified atom stereocenters. The van der Waals surface area contributed by atoms with Gasteiger partial charge in [-0.25, -0.2) is 0 Å². The number of carbonyl (C=O) groups excluding carboxylic acids is 2. The van der Waals surface area contributed by atoms with Crippen LogP contribution in [0.25, 0.3) is 0 Å². The average Bonchev–Trinajstić information content (AvgIpc) is 2.82. The highest BCUT2D eigenvalue weighted by molar-refractivity contribution is 5.78. The van der Waals surface area contributed by atoms with Crippen molar-refractivity contribution < 1.29 is 24.2 Å². The largest absolute Gasteiger partial charge is 0.508 e. The van der Waals surface area contributed by atoms with Gasteiger partial charge in [0.05, 0.1) is 18.9 Å². The Balaban J connectivity index is 0. The van der Waals surface area contributed by atoms with E-state index >= 15 is 0 Å². The number of esters is 2. The van der Waals surface area contributed by atoms with Crippen molar-refractivity contribution in [3.05, 3.63) is 29.8 Å². The van der Waals surface area contributed by atoms with Crippen LogP contribution in [0.3, 0.4) is 0 Å². The Morgan fingerprint density at radius 2 is 1.42 bits per heavy atom. The molecule has 1 aromatic carbocycles. The van der Waals surface area contributed by atoms with Crippen molar-refractivity contribution >= 4 is 11.9 Å². The first-order valence-electron chi connectivity index (χ1n) is 13.1. The van der Waals surface area contributed by atoms with E-state index in [9.17, 15) is 9.59 Å². The molecule has 5 nitrogen and oxygen atoms in total. The number of rotatable bonds is 7. The van der Waals surface area contributed by atoms with Crippen molar-refractivity contribution in [2.75, 3.05) is 7.11 Å². The number of methoxy groups -OCH3 is 1. The van der Waals surface area contributed by atoms with Gasteiger partial charge in [-0.05, 0) is 94.2 Å². The highest BCUT2D eigenvalue weighted by Gasteiger charge is 2.61. The third-order valence-electron chi connectivity index (χ3n) is 8.96. The van der Waals surface area contributed by atoms with Gasteiger partial charge in [0.1, 0.15) is 11.4 Å². The van der Waals surface area contributed by atoms with Gasteiger partial charge in [0.15, 0.2) is 0 Å². The maximum atomic E-state index is 12.8. The number of hydrogen-bond donors (Lipinski definition) is 1. The molecule has 0 heterocycles. The minimum absolute atomic E-state index is 0. The molecule has 4 fully saturated rings. The zero-order valence-electron chi connectivity index (χ0n) is 21.9. The van der Waals surface area contributed by atoms with Crippen molar-refractivity contribution in [1.29, 1.82) is 0 Å². The van der Waals surface area contributed by atoms with E-state index in [0.717, 1.165) is 50.4 Å². The van der Waals surface area contributed by atoms with Crippen molar-refractivity contribution in [2.24, 2.45) is 29.1 Å². The molecular formula is C33H60O5. The Kier molecular flexibility index (Phi) is 15.6. The quantitative estimate of drug-likeness (QED) is 0.352. The summed E-state index contributed by atoms with van der Waals surface area (Å²) >= 11 is 0. The van der Waals surface area contributed by atoms with Crippen LogP contribution in [0, 0.1) is 29.1 Å². The van der Waals surface area contributed by atoms with Crippen LogP contribution in [0.2, 0.25) is 0 Å². The Labute approximate surface area is 235 Å². The molecule has 4 saturated carbocycles. The highest BCUT2D eigenvalue weighted by atomic mass is 16.6. The van der Waals surface area contributed by atoms with E-state index in [-0.39, 0.29) is 48.1 Å². The topological polar surface area (TPSA) is 72.8 Å². The van der Waals surface area contributed by atoms with Gasteiger partial charge >= 0.3 is 11.9 Å². The van der Waals surface area contributed by atoms with Crippen LogP contribution in [-0.2, 0) is 19.1 Å². The fraction of sp³-hybridized carbons (Fsp3) is 0.758. The third kappa shape index (κ3) is 8.23. The molecule has 0 spiro atoms. The summed E-state index contributed by atoms with van der Waals surface area (Å²) in [6, 6.07) is 7.43. The van der Waals surface area contributed by atoms with Crippen LogP contribution in [0.4, 0.5) is 0 Å². The fourth-order valence-electron chi connectivity index (χ4n) is 6.26. The fourth-order valence-corrected chi connectivity index (χ4v) is 6.26. The SMILES string of the molecule is C.C.C.C.CCC(C)(C)C(=O)OC1(CC(=O)OC)C2CC3CC(C2)CC1C3.CCC(C)c1ccc(O)cc1. The minimum atomic E-state index is -0.621. The molecule has 1 aromatic rings. The summed E-state index contributed by atoms with van der Waals surface area (Å²) in [5.74, 6) is 2.72. The zero-order chi connectivity index (χ0) is 25.1. The zero-order valence-corrected chi connectivity index (χ0v) is 21.9. The lowest BCUT2D eigenvalue weighted by atomic mass is 9.49. The van der Waals surface area contributed by atoms with Gasteiger partial charge < -0.3 is 14.6 Å². The number of hydrogen-bond acceptors (Lipinski definition) is 5. The molecule has 0 aromatic heterocycles. The van der Waals surface area contributed by atoms with Gasteiger partial charge in [-0.15, -0.1) is 0 Å². The maximum absolute atomic E-state index is 12.8. The molecule has 1 N–H and O–H groups in total. The molecule has 4 bridgehead atoms. The Morgan fingerprint density at radius 3 is 1.82 bits per heavy atom. The molecule has 5 rings (SSSR count). The molecule has 1 atom stereocenters. The molecule has 4 aliphatic carbocycles. The highest BCUT2D eigenvalue weighted by Crippen LogP contribution is 2.61. The molecule has 5 heteroatoms. The lowest BCUT2D eigenvalue weighted by molar-refractivity contribution is -0.221. The summed E-state index contributed by atoms with van der Waals surface area (Å²) in [6.07, 6.45) is 7.84. The average molecular weight is 537 g/mol. The van der Waals surface area contributed by atoms with Crippen molar-refractivity contribution in [3.8, 4) is 5.75 Å². The smallest absolute Gasteiger partial charge is 0.312 e. The molecule has 38 heavy (non-hydrogen) atoms. The summed E-state index contributed by atoms with van der Waals surface area (Å²) in [5, 5.41) is 9.01. The van der Waals surface area contributed by atoms with Gasteiger partial charge in [0.2, 0.25) is 0 Å². The number of phenols is 1. The maximum Gasteiger partial charge on any atom is 0.312 e. The van der Waals surface area contributed by atoms with E-state index in [2.05, 4.69) is 13.8 Å². The second-order valence-electron chi connectivity index (χ2n) is 11.5. The van der Waals surface area contributed by atoms with Gasteiger partial charge in [-0.1, -0.05) is 62.6 Å². The Bertz CT molecular complexity index is 813. The summed E-state index contributed by atoms with van der Waals surface area (Å²) in [7, 11) is 1.42. The van der Waals surface area contributed by atoms with E-state index < -0.39 is 11.0 Å². The van der Waals surface area contributed by atoms with Crippen molar-refractivity contribution in [2.45, 2.75) is 127 Å². The van der Waals surface area contributed by atoms with Crippen LogP contribution in [0.1, 0.15) is 127 Å². The number of phenolic OH excluding ortho intramolecular Hbond substituents is 1. The first kappa shape index (κ1) is 38.1. The van der Waals surface area contributed by atoms with Crippen molar-refractivity contribution in [1.82, 2.24) is 0 Å². The van der Waals surface area contributed by atoms with Gasteiger partial charge in [-0.2, -0.15) is 0 Å². The van der Waals surface area contributed by atoms with E-state index in [1.807, 2.05) is 32.9 Å². The monoisotopic (exact) mass is 536 g/mol. The Hall–Kier alpha value is -2.04. The van der Waals surface area contributed by atoms with Crippen LogP contribution in [0.5, 0.6) is 5.75 Å². The van der Waals surface area contributed by atoms with Crippen LogP contribution >= 0.6 is 0 Å². The predicted octanol–water partition coefficient (Wildman–Crippen LogP) is 9.17. The molecule has 4 aliphatic rings. The standard InChI is InChI=1S/C19H30O4.C10H14O.4CH4/c1-5-18(2,3)17(21)23-19(11-16(20)22-4)14-7-12-6-13(9-14)10-15(19)8-12;1-3-8(2)9-4-6-10(11)7-5-9;;;;/h12-15H,5-11H2,1-4H3;4-8,11H,3H2,1-2H3;4*1H4. The third-order valence-corrected chi connectivity index (χ3v) is 8.96. The van der Waals surface area contributed by atoms with Gasteiger partial charge in [0.25, 0.3) is 0 Å². The number of ether oxygens (including phenoxy) is 2. The summed E-state index contributed by atoms with van der Waals surface area (Å²) in [4.78, 5) is 24.9. The second kappa shape index (κ2) is 15.5. The first-order valence-corrected chi connectivity index (χ1v) is 13.1. The molecule has 0 aliphatic heterocycles. The van der Waals surface area contributed by atoms with Gasteiger partial charge in [0, 0.05) is 11.8 Å². The lowest BCUT2D eigenvalue weighted by Gasteiger charge is -2.60. The molecule has 0 radical (unpaired) electrons. The predicted molar refractivity (Wildman–Crippen MR) is 160 cm³/mol. The molecule has 0 amide bonds. The first-order chi connectivity index (χ1) is 16.0. The van der Waals surface area contributed by atoms with Gasteiger partial charge in [-0.3, -0.25) is 9.59 Å². The Morgan fingerprint density at radius 1 is 0.947 bits per heavy atom. The summed E-state index contributed by atoms with van der Waals surface area (Å²) in [6.45, 7) is 10.2. The van der Waals surface area contributed by atoms with Crippen LogP contribution < -0.4 is 0 Å². The summed E-state index contributed by atoms with van der Waals surface area (Å²) < 4.78 is 11.1. The lowest BCUT2D eigenvalue weighted by Crippen LogP contribution is -2.61. The van der Waals surface area contributed by atoms with E-state index in [4.69, 9.17) is 14.6 Å². The number of carbonyl (C=O) groups is 2. The van der Waals surface area contributed by atoms with Crippen LogP contribution in [-0.4, -0.2) is 29.8 Å². The van der Waals surface area contributed by atoms with Crippen molar-refractivity contribution in [3.63, 3.8) is 0 Å². The van der Waals surface area contributed by atoms with Crippen LogP contribution in [0.15, 0.2) is 24.3 Å². The molecule has 0 saturated heterocycles. The van der Waals surface area contributed by atoms with E-state index in [1.165, 1.54) is 19.1 Å². The van der Waals surface area contributed by atoms with E-state index in [0.29, 0.717) is 23.5 Å². The molecular weight excluding hydrogens is 476 g/mol. The normalized spacial score (nSPS) is 27.0.